The highest BCUT2D eigenvalue weighted by atomic mass is 16.7. The van der Waals surface area contributed by atoms with Crippen LogP contribution >= 0.6 is 0 Å². The summed E-state index contributed by atoms with van der Waals surface area (Å²) in [7, 11) is 0. The van der Waals surface area contributed by atoms with Gasteiger partial charge in [0.05, 0.1) is 24.0 Å². The smallest absolute Gasteiger partial charge is 0.179 e. The van der Waals surface area contributed by atoms with Crippen LogP contribution in [0.5, 0.6) is 0 Å². The lowest BCUT2D eigenvalue weighted by Crippen LogP contribution is -2.57. The number of aliphatic hydroxyl groups is 2. The van der Waals surface area contributed by atoms with Gasteiger partial charge < -0.3 is 19.7 Å². The lowest BCUT2D eigenvalue weighted by Gasteiger charge is -2.47. The van der Waals surface area contributed by atoms with E-state index < -0.39 is 22.9 Å². The number of aliphatic hydroxyl groups excluding tert-OH is 1. The SMILES string of the molecule is CC(C)(C)C1(O)OC[C@]23CCC[C@]12COC3O. The van der Waals surface area contributed by atoms with E-state index in [1.807, 2.05) is 20.8 Å². The Morgan fingerprint density at radius 3 is 2.53 bits per heavy atom. The highest BCUT2D eigenvalue weighted by molar-refractivity contribution is 5.20. The summed E-state index contributed by atoms with van der Waals surface area (Å²) in [6, 6.07) is 0. The predicted octanol–water partition coefficient (Wildman–Crippen LogP) is 1.26. The van der Waals surface area contributed by atoms with Gasteiger partial charge in [-0.1, -0.05) is 27.2 Å². The first-order chi connectivity index (χ1) is 7.79. The zero-order valence-corrected chi connectivity index (χ0v) is 10.8. The van der Waals surface area contributed by atoms with E-state index in [1.165, 1.54) is 0 Å². The van der Waals surface area contributed by atoms with Gasteiger partial charge in [-0.05, 0) is 12.8 Å². The molecule has 0 aromatic heterocycles. The summed E-state index contributed by atoms with van der Waals surface area (Å²) in [5.41, 5.74) is -1.21. The van der Waals surface area contributed by atoms with Crippen molar-refractivity contribution in [3.63, 3.8) is 0 Å². The van der Waals surface area contributed by atoms with Crippen molar-refractivity contribution in [2.75, 3.05) is 13.2 Å². The third-order valence-electron chi connectivity index (χ3n) is 5.34. The molecule has 0 bridgehead atoms. The molecule has 98 valence electrons. The second-order valence-electron chi connectivity index (χ2n) is 6.94. The largest absolute Gasteiger partial charge is 0.367 e. The van der Waals surface area contributed by atoms with E-state index in [0.29, 0.717) is 13.2 Å². The standard InChI is InChI=1S/C13H22O4/c1-10(2,3)13(15)12-6-4-5-11(12,7-17-13)9(14)16-8-12/h9,14-15H,4-8H2,1-3H3/t9?,11-,12+,13?/m0/s1. The molecule has 0 amide bonds. The van der Waals surface area contributed by atoms with Crippen LogP contribution in [0.15, 0.2) is 0 Å². The molecule has 0 spiro atoms. The molecule has 0 aromatic carbocycles. The third kappa shape index (κ3) is 1.05. The lowest BCUT2D eigenvalue weighted by atomic mass is 9.59. The Kier molecular flexibility index (Phi) is 2.13. The van der Waals surface area contributed by atoms with Crippen LogP contribution in [-0.2, 0) is 9.47 Å². The molecule has 3 rings (SSSR count). The summed E-state index contributed by atoms with van der Waals surface area (Å²) in [5.74, 6) is -1.20. The molecule has 2 aliphatic heterocycles. The van der Waals surface area contributed by atoms with Crippen molar-refractivity contribution in [3.05, 3.63) is 0 Å². The van der Waals surface area contributed by atoms with Gasteiger partial charge in [-0.2, -0.15) is 0 Å². The number of rotatable bonds is 0. The second-order valence-corrected chi connectivity index (χ2v) is 6.94. The Labute approximate surface area is 102 Å². The first kappa shape index (κ1) is 11.9. The molecule has 2 N–H and O–H groups in total. The molecular formula is C13H22O4. The van der Waals surface area contributed by atoms with Gasteiger partial charge in [0, 0.05) is 5.41 Å². The number of hydrogen-bond acceptors (Lipinski definition) is 4. The zero-order valence-electron chi connectivity index (χ0n) is 10.8. The predicted molar refractivity (Wildman–Crippen MR) is 61.0 cm³/mol. The third-order valence-corrected chi connectivity index (χ3v) is 5.34. The quantitative estimate of drug-likeness (QED) is 0.671. The maximum Gasteiger partial charge on any atom is 0.179 e. The van der Waals surface area contributed by atoms with Crippen LogP contribution in [0, 0.1) is 16.2 Å². The Hall–Kier alpha value is -0.160. The topological polar surface area (TPSA) is 58.9 Å². The highest BCUT2D eigenvalue weighted by Crippen LogP contribution is 2.71. The zero-order chi connectivity index (χ0) is 12.5. The van der Waals surface area contributed by atoms with E-state index in [9.17, 15) is 10.2 Å². The van der Waals surface area contributed by atoms with Gasteiger partial charge in [-0.3, -0.25) is 0 Å². The average Bonchev–Trinajstić information content (AvgIpc) is 2.78. The van der Waals surface area contributed by atoms with Crippen LogP contribution in [0.1, 0.15) is 40.0 Å². The van der Waals surface area contributed by atoms with Crippen molar-refractivity contribution in [3.8, 4) is 0 Å². The van der Waals surface area contributed by atoms with Crippen LogP contribution in [-0.4, -0.2) is 35.5 Å². The van der Waals surface area contributed by atoms with E-state index in [2.05, 4.69) is 0 Å². The molecule has 2 saturated heterocycles. The van der Waals surface area contributed by atoms with Crippen molar-refractivity contribution < 1.29 is 19.7 Å². The van der Waals surface area contributed by atoms with Crippen molar-refractivity contribution >= 4 is 0 Å². The molecule has 0 aromatic rings. The minimum absolute atomic E-state index is 0.382. The summed E-state index contributed by atoms with van der Waals surface area (Å²) < 4.78 is 11.3. The van der Waals surface area contributed by atoms with Gasteiger partial charge in [0.25, 0.3) is 0 Å². The highest BCUT2D eigenvalue weighted by Gasteiger charge is 2.78. The van der Waals surface area contributed by atoms with Gasteiger partial charge in [0.2, 0.25) is 0 Å². The van der Waals surface area contributed by atoms with E-state index in [0.717, 1.165) is 19.3 Å². The maximum atomic E-state index is 11.1. The summed E-state index contributed by atoms with van der Waals surface area (Å²) in [6.45, 7) is 6.77. The summed E-state index contributed by atoms with van der Waals surface area (Å²) in [6.07, 6.45) is 1.99. The molecule has 3 aliphatic rings. The van der Waals surface area contributed by atoms with Gasteiger partial charge in [-0.15, -0.1) is 0 Å². The molecule has 4 atom stereocenters. The van der Waals surface area contributed by atoms with Crippen LogP contribution < -0.4 is 0 Å². The molecule has 2 unspecified atom stereocenters. The monoisotopic (exact) mass is 242 g/mol. The Bertz CT molecular complexity index is 350. The van der Waals surface area contributed by atoms with Crippen LogP contribution in [0.25, 0.3) is 0 Å². The number of ether oxygens (including phenoxy) is 2. The summed E-state index contributed by atoms with van der Waals surface area (Å²) >= 11 is 0. The average molecular weight is 242 g/mol. The molecule has 1 aliphatic carbocycles. The van der Waals surface area contributed by atoms with Gasteiger partial charge in [-0.25, -0.2) is 0 Å². The van der Waals surface area contributed by atoms with Crippen molar-refractivity contribution in [2.45, 2.75) is 52.1 Å². The fourth-order valence-corrected chi connectivity index (χ4v) is 4.34. The fourth-order valence-electron chi connectivity index (χ4n) is 4.34. The van der Waals surface area contributed by atoms with Crippen molar-refractivity contribution in [1.82, 2.24) is 0 Å². The Morgan fingerprint density at radius 1 is 1.18 bits per heavy atom. The van der Waals surface area contributed by atoms with Gasteiger partial charge in [0.15, 0.2) is 12.1 Å². The first-order valence-corrected chi connectivity index (χ1v) is 6.45. The van der Waals surface area contributed by atoms with Crippen LogP contribution in [0.4, 0.5) is 0 Å². The van der Waals surface area contributed by atoms with Crippen LogP contribution in [0.3, 0.4) is 0 Å². The Balaban J connectivity index is 2.13. The molecule has 3 fully saturated rings. The van der Waals surface area contributed by atoms with Crippen molar-refractivity contribution in [1.29, 1.82) is 0 Å². The molecule has 4 nitrogen and oxygen atoms in total. The van der Waals surface area contributed by atoms with E-state index in [1.54, 1.807) is 0 Å². The second kappa shape index (κ2) is 3.05. The minimum Gasteiger partial charge on any atom is -0.367 e. The van der Waals surface area contributed by atoms with Gasteiger partial charge in [0.1, 0.15) is 0 Å². The Morgan fingerprint density at radius 2 is 1.88 bits per heavy atom. The molecule has 4 heteroatoms. The lowest BCUT2D eigenvalue weighted by molar-refractivity contribution is -0.290. The maximum absolute atomic E-state index is 11.1. The number of hydrogen-bond donors (Lipinski definition) is 2. The summed E-state index contributed by atoms with van der Waals surface area (Å²) in [4.78, 5) is 0. The van der Waals surface area contributed by atoms with Gasteiger partial charge >= 0.3 is 0 Å². The summed E-state index contributed by atoms with van der Waals surface area (Å²) in [5, 5.41) is 21.2. The normalized spacial score (nSPS) is 53.8. The molecule has 17 heavy (non-hydrogen) atoms. The van der Waals surface area contributed by atoms with E-state index in [4.69, 9.17) is 9.47 Å². The fraction of sp³-hybridized carbons (Fsp3) is 1.00. The van der Waals surface area contributed by atoms with Crippen molar-refractivity contribution in [2.24, 2.45) is 16.2 Å². The van der Waals surface area contributed by atoms with E-state index >= 15 is 0 Å². The molecule has 1 saturated carbocycles. The molecule has 0 radical (unpaired) electrons. The first-order valence-electron chi connectivity index (χ1n) is 6.45. The minimum atomic E-state index is -1.20. The molecular weight excluding hydrogens is 220 g/mol. The van der Waals surface area contributed by atoms with E-state index in [-0.39, 0.29) is 5.41 Å². The molecule has 2 heterocycles. The van der Waals surface area contributed by atoms with Crippen LogP contribution in [0.2, 0.25) is 0 Å².